The highest BCUT2D eigenvalue weighted by Crippen LogP contribution is 2.23. The molecular weight excluding hydrogens is 250 g/mol. The van der Waals surface area contributed by atoms with E-state index in [0.717, 1.165) is 11.3 Å². The molecule has 96 valence electrons. The minimum absolute atomic E-state index is 0.504. The zero-order chi connectivity index (χ0) is 13.0. The van der Waals surface area contributed by atoms with Crippen molar-refractivity contribution in [1.82, 2.24) is 4.90 Å². The minimum atomic E-state index is -0.598. The van der Waals surface area contributed by atoms with E-state index >= 15 is 0 Å². The van der Waals surface area contributed by atoms with E-state index in [1.165, 1.54) is 0 Å². The van der Waals surface area contributed by atoms with Crippen LogP contribution in [0.3, 0.4) is 0 Å². The van der Waals surface area contributed by atoms with Gasteiger partial charge in [-0.25, -0.2) is 0 Å². The van der Waals surface area contributed by atoms with E-state index in [2.05, 4.69) is 0 Å². The molecule has 4 heteroatoms. The van der Waals surface area contributed by atoms with E-state index in [0.29, 0.717) is 18.1 Å². The summed E-state index contributed by atoms with van der Waals surface area (Å²) in [6.45, 7) is 1.17. The first kappa shape index (κ1) is 13.1. The summed E-state index contributed by atoms with van der Waals surface area (Å²) in [5, 5.41) is 10.7. The number of benzene rings is 1. The Balaban J connectivity index is 1.95. The summed E-state index contributed by atoms with van der Waals surface area (Å²) in [7, 11) is 1.93. The van der Waals surface area contributed by atoms with Crippen LogP contribution in [0.2, 0.25) is 5.02 Å². The van der Waals surface area contributed by atoms with Crippen molar-refractivity contribution < 1.29 is 9.52 Å². The van der Waals surface area contributed by atoms with Gasteiger partial charge in [0.05, 0.1) is 18.9 Å². The molecule has 0 bridgehead atoms. The molecule has 1 aromatic carbocycles. The molecule has 0 radical (unpaired) electrons. The van der Waals surface area contributed by atoms with Gasteiger partial charge in [-0.15, -0.1) is 0 Å². The van der Waals surface area contributed by atoms with Crippen molar-refractivity contribution in [3.8, 4) is 0 Å². The van der Waals surface area contributed by atoms with Crippen molar-refractivity contribution in [1.29, 1.82) is 0 Å². The van der Waals surface area contributed by atoms with Crippen LogP contribution < -0.4 is 0 Å². The largest absolute Gasteiger partial charge is 0.468 e. The zero-order valence-corrected chi connectivity index (χ0v) is 11.0. The number of rotatable bonds is 5. The molecule has 0 fully saturated rings. The van der Waals surface area contributed by atoms with Crippen LogP contribution in [0.5, 0.6) is 0 Å². The highest BCUT2D eigenvalue weighted by atomic mass is 35.5. The second kappa shape index (κ2) is 6.05. The van der Waals surface area contributed by atoms with Crippen LogP contribution in [0.15, 0.2) is 47.1 Å². The molecule has 0 aliphatic carbocycles. The number of likely N-dealkylation sites (N-methyl/N-ethyl adjacent to an activating group) is 1. The number of aliphatic hydroxyl groups excluding tert-OH is 1. The maximum Gasteiger partial charge on any atom is 0.117 e. The van der Waals surface area contributed by atoms with E-state index in [1.807, 2.05) is 42.3 Å². The molecule has 0 aliphatic rings. The lowest BCUT2D eigenvalue weighted by Crippen LogP contribution is -2.24. The first-order valence-electron chi connectivity index (χ1n) is 5.80. The summed E-state index contributed by atoms with van der Waals surface area (Å²) >= 11 is 6.05. The minimum Gasteiger partial charge on any atom is -0.468 e. The quantitative estimate of drug-likeness (QED) is 0.903. The molecule has 0 saturated heterocycles. The fraction of sp³-hybridized carbons (Fsp3) is 0.286. The number of nitrogens with zero attached hydrogens (tertiary/aromatic N) is 1. The molecule has 1 N–H and O–H groups in total. The van der Waals surface area contributed by atoms with Crippen LogP contribution in [-0.4, -0.2) is 23.6 Å². The summed E-state index contributed by atoms with van der Waals surface area (Å²) in [5.41, 5.74) is 0.755. The number of furan rings is 1. The number of hydrogen-bond donors (Lipinski definition) is 1. The molecule has 1 heterocycles. The van der Waals surface area contributed by atoms with Crippen LogP contribution >= 0.6 is 11.6 Å². The van der Waals surface area contributed by atoms with Crippen LogP contribution in [0.25, 0.3) is 0 Å². The average Bonchev–Trinajstić information content (AvgIpc) is 2.82. The predicted molar refractivity (Wildman–Crippen MR) is 71.5 cm³/mol. The zero-order valence-electron chi connectivity index (χ0n) is 10.2. The van der Waals surface area contributed by atoms with Gasteiger partial charge in [0, 0.05) is 17.1 Å². The van der Waals surface area contributed by atoms with E-state index in [9.17, 15) is 5.11 Å². The maximum atomic E-state index is 10.1. The third-order valence-corrected chi connectivity index (χ3v) is 3.10. The molecule has 2 rings (SSSR count). The van der Waals surface area contributed by atoms with E-state index < -0.39 is 6.10 Å². The van der Waals surface area contributed by atoms with Crippen molar-refractivity contribution in [3.05, 3.63) is 59.0 Å². The summed E-state index contributed by atoms with van der Waals surface area (Å²) in [6, 6.07) is 11.1. The number of aliphatic hydroxyl groups is 1. The van der Waals surface area contributed by atoms with Crippen LogP contribution in [0.4, 0.5) is 0 Å². The van der Waals surface area contributed by atoms with Gasteiger partial charge in [-0.2, -0.15) is 0 Å². The number of hydrogen-bond acceptors (Lipinski definition) is 3. The lowest BCUT2D eigenvalue weighted by Gasteiger charge is -2.20. The summed E-state index contributed by atoms with van der Waals surface area (Å²) < 4.78 is 5.27. The molecular formula is C14H16ClNO2. The van der Waals surface area contributed by atoms with E-state index in [-0.39, 0.29) is 0 Å². The van der Waals surface area contributed by atoms with Crippen LogP contribution in [0, 0.1) is 0 Å². The third-order valence-electron chi connectivity index (χ3n) is 2.75. The SMILES string of the molecule is CN(Cc1ccco1)C[C@@H](O)c1ccccc1Cl. The van der Waals surface area contributed by atoms with Gasteiger partial charge >= 0.3 is 0 Å². The van der Waals surface area contributed by atoms with Gasteiger partial charge in [-0.1, -0.05) is 29.8 Å². The first-order valence-corrected chi connectivity index (χ1v) is 6.18. The Morgan fingerprint density at radius 2 is 2.06 bits per heavy atom. The molecule has 2 aromatic rings. The van der Waals surface area contributed by atoms with Gasteiger partial charge < -0.3 is 9.52 Å². The Bertz CT molecular complexity index is 484. The average molecular weight is 266 g/mol. The highest BCUT2D eigenvalue weighted by molar-refractivity contribution is 6.31. The lowest BCUT2D eigenvalue weighted by molar-refractivity contribution is 0.120. The molecule has 0 amide bonds. The molecule has 0 aliphatic heterocycles. The molecule has 0 saturated carbocycles. The fourth-order valence-corrected chi connectivity index (χ4v) is 2.13. The van der Waals surface area contributed by atoms with Crippen LogP contribution in [0.1, 0.15) is 17.4 Å². The molecule has 0 unspecified atom stereocenters. The second-order valence-corrected chi connectivity index (χ2v) is 4.72. The van der Waals surface area contributed by atoms with Crippen molar-refractivity contribution >= 4 is 11.6 Å². The molecule has 1 aromatic heterocycles. The Kier molecular flexibility index (Phi) is 4.42. The molecule has 1 atom stereocenters. The van der Waals surface area contributed by atoms with Gasteiger partial charge in [0.15, 0.2) is 0 Å². The maximum absolute atomic E-state index is 10.1. The van der Waals surface area contributed by atoms with Gasteiger partial charge in [0.2, 0.25) is 0 Å². The Morgan fingerprint density at radius 1 is 1.28 bits per heavy atom. The van der Waals surface area contributed by atoms with Gasteiger partial charge in [0.25, 0.3) is 0 Å². The summed E-state index contributed by atoms with van der Waals surface area (Å²) in [6.07, 6.45) is 1.05. The van der Waals surface area contributed by atoms with Crippen molar-refractivity contribution in [2.75, 3.05) is 13.6 Å². The predicted octanol–water partition coefficient (Wildman–Crippen LogP) is 3.10. The molecule has 0 spiro atoms. The van der Waals surface area contributed by atoms with Gasteiger partial charge in [-0.3, -0.25) is 4.90 Å². The monoisotopic (exact) mass is 265 g/mol. The van der Waals surface area contributed by atoms with E-state index in [1.54, 1.807) is 12.3 Å². The lowest BCUT2D eigenvalue weighted by atomic mass is 10.1. The van der Waals surface area contributed by atoms with Crippen molar-refractivity contribution in [3.63, 3.8) is 0 Å². The summed E-state index contributed by atoms with van der Waals surface area (Å²) in [5.74, 6) is 0.879. The third kappa shape index (κ3) is 3.35. The van der Waals surface area contributed by atoms with E-state index in [4.69, 9.17) is 16.0 Å². The normalized spacial score (nSPS) is 12.9. The Morgan fingerprint density at radius 3 is 2.72 bits per heavy atom. The van der Waals surface area contributed by atoms with Crippen molar-refractivity contribution in [2.45, 2.75) is 12.6 Å². The fourth-order valence-electron chi connectivity index (χ4n) is 1.87. The molecule has 18 heavy (non-hydrogen) atoms. The molecule has 3 nitrogen and oxygen atoms in total. The van der Waals surface area contributed by atoms with Gasteiger partial charge in [-0.05, 0) is 25.2 Å². The first-order chi connectivity index (χ1) is 8.66. The Labute approximate surface area is 112 Å². The topological polar surface area (TPSA) is 36.6 Å². The van der Waals surface area contributed by atoms with Crippen LogP contribution in [-0.2, 0) is 6.54 Å². The smallest absolute Gasteiger partial charge is 0.117 e. The summed E-state index contributed by atoms with van der Waals surface area (Å²) in [4.78, 5) is 1.99. The highest BCUT2D eigenvalue weighted by Gasteiger charge is 2.14. The number of halogens is 1. The van der Waals surface area contributed by atoms with Gasteiger partial charge in [0.1, 0.15) is 5.76 Å². The second-order valence-electron chi connectivity index (χ2n) is 4.31. The Hall–Kier alpha value is -1.29. The van der Waals surface area contributed by atoms with Crippen molar-refractivity contribution in [2.24, 2.45) is 0 Å². The standard InChI is InChI=1S/C14H16ClNO2/c1-16(9-11-5-4-8-18-11)10-14(17)12-6-2-3-7-13(12)15/h2-8,14,17H,9-10H2,1H3/t14-/m1/s1.